The molecule has 2 heterocycles. The molecular formula is C13H20N4. The number of rotatable bonds is 5. The van der Waals surface area contributed by atoms with E-state index in [2.05, 4.69) is 29.1 Å². The highest BCUT2D eigenvalue weighted by atomic mass is 15.1. The molecule has 0 bridgehead atoms. The third-order valence-electron chi connectivity index (χ3n) is 3.36. The van der Waals surface area contributed by atoms with Crippen LogP contribution in [0.15, 0.2) is 18.6 Å². The van der Waals surface area contributed by atoms with Crippen LogP contribution in [0.3, 0.4) is 0 Å². The maximum atomic E-state index is 4.39. The summed E-state index contributed by atoms with van der Waals surface area (Å²) in [6.45, 7) is 5.42. The van der Waals surface area contributed by atoms with E-state index < -0.39 is 0 Å². The largest absolute Gasteiger partial charge is 0.368 e. The molecule has 4 nitrogen and oxygen atoms in total. The van der Waals surface area contributed by atoms with Crippen LogP contribution >= 0.6 is 0 Å². The van der Waals surface area contributed by atoms with Gasteiger partial charge in [-0.3, -0.25) is 0 Å². The zero-order valence-electron chi connectivity index (χ0n) is 10.8. The first-order chi connectivity index (χ1) is 8.26. The summed E-state index contributed by atoms with van der Waals surface area (Å²) < 4.78 is 2.01. The smallest absolute Gasteiger partial charge is 0.154 e. The van der Waals surface area contributed by atoms with E-state index in [0.717, 1.165) is 23.4 Å². The van der Waals surface area contributed by atoms with Gasteiger partial charge >= 0.3 is 0 Å². The topological polar surface area (TPSA) is 42.7 Å². The first kappa shape index (κ1) is 11.9. The zero-order valence-corrected chi connectivity index (χ0v) is 10.8. The second-order valence-electron chi connectivity index (χ2n) is 4.45. The van der Waals surface area contributed by atoms with E-state index in [9.17, 15) is 0 Å². The molecule has 17 heavy (non-hydrogen) atoms. The Kier molecular flexibility index (Phi) is 3.61. The Morgan fingerprint density at radius 1 is 1.29 bits per heavy atom. The minimum absolute atomic E-state index is 0.704. The van der Waals surface area contributed by atoms with Crippen molar-refractivity contribution >= 4 is 16.9 Å². The van der Waals surface area contributed by atoms with E-state index in [0.29, 0.717) is 5.92 Å². The molecule has 0 spiro atoms. The van der Waals surface area contributed by atoms with Crippen LogP contribution in [-0.2, 0) is 7.05 Å². The zero-order chi connectivity index (χ0) is 12.3. The predicted molar refractivity (Wildman–Crippen MR) is 71.1 cm³/mol. The van der Waals surface area contributed by atoms with Gasteiger partial charge in [-0.15, -0.1) is 0 Å². The van der Waals surface area contributed by atoms with E-state index >= 15 is 0 Å². The van der Waals surface area contributed by atoms with Crippen molar-refractivity contribution in [3.63, 3.8) is 0 Å². The molecule has 0 amide bonds. The Morgan fingerprint density at radius 3 is 2.76 bits per heavy atom. The summed E-state index contributed by atoms with van der Waals surface area (Å²) >= 11 is 0. The van der Waals surface area contributed by atoms with Gasteiger partial charge in [-0.1, -0.05) is 26.7 Å². The molecule has 92 valence electrons. The van der Waals surface area contributed by atoms with Gasteiger partial charge < -0.3 is 9.88 Å². The molecule has 0 saturated heterocycles. The molecule has 0 aromatic carbocycles. The lowest BCUT2D eigenvalue weighted by molar-refractivity contribution is 0.518. The molecule has 0 aliphatic rings. The Labute approximate surface area is 102 Å². The van der Waals surface area contributed by atoms with E-state index in [1.807, 2.05) is 30.2 Å². The average Bonchev–Trinajstić information content (AvgIpc) is 2.73. The summed E-state index contributed by atoms with van der Waals surface area (Å²) in [6.07, 6.45) is 6.05. The maximum absolute atomic E-state index is 4.39. The van der Waals surface area contributed by atoms with E-state index in [4.69, 9.17) is 0 Å². The SMILES string of the molecule is CCC(CC)CNc1nccc2c1ncn2C. The Morgan fingerprint density at radius 2 is 2.06 bits per heavy atom. The molecular weight excluding hydrogens is 212 g/mol. The molecule has 0 unspecified atom stereocenters. The minimum Gasteiger partial charge on any atom is -0.368 e. The van der Waals surface area contributed by atoms with Crippen molar-refractivity contribution in [1.82, 2.24) is 14.5 Å². The van der Waals surface area contributed by atoms with Crippen molar-refractivity contribution in [1.29, 1.82) is 0 Å². The fourth-order valence-electron chi connectivity index (χ4n) is 2.01. The van der Waals surface area contributed by atoms with Gasteiger partial charge in [-0.05, 0) is 12.0 Å². The van der Waals surface area contributed by atoms with Crippen molar-refractivity contribution < 1.29 is 0 Å². The Hall–Kier alpha value is -1.58. The second kappa shape index (κ2) is 5.17. The number of nitrogens with zero attached hydrogens (tertiary/aromatic N) is 3. The molecule has 0 fully saturated rings. The monoisotopic (exact) mass is 232 g/mol. The maximum Gasteiger partial charge on any atom is 0.154 e. The quantitative estimate of drug-likeness (QED) is 0.862. The molecule has 2 rings (SSSR count). The van der Waals surface area contributed by atoms with Gasteiger partial charge in [0.15, 0.2) is 5.82 Å². The van der Waals surface area contributed by atoms with E-state index in [-0.39, 0.29) is 0 Å². The number of hydrogen-bond acceptors (Lipinski definition) is 3. The molecule has 1 N–H and O–H groups in total. The average molecular weight is 232 g/mol. The van der Waals surface area contributed by atoms with Crippen molar-refractivity contribution in [3.8, 4) is 0 Å². The highest BCUT2D eigenvalue weighted by Gasteiger charge is 2.08. The van der Waals surface area contributed by atoms with Gasteiger partial charge in [0, 0.05) is 19.8 Å². The fourth-order valence-corrected chi connectivity index (χ4v) is 2.01. The minimum atomic E-state index is 0.704. The third-order valence-corrected chi connectivity index (χ3v) is 3.36. The van der Waals surface area contributed by atoms with Crippen LogP contribution in [0.4, 0.5) is 5.82 Å². The van der Waals surface area contributed by atoms with Gasteiger partial charge in [0.05, 0.1) is 11.8 Å². The van der Waals surface area contributed by atoms with Crippen LogP contribution in [-0.4, -0.2) is 21.1 Å². The van der Waals surface area contributed by atoms with Crippen LogP contribution in [0, 0.1) is 5.92 Å². The number of anilines is 1. The molecule has 0 atom stereocenters. The molecule has 2 aromatic rings. The number of aromatic nitrogens is 3. The molecule has 2 aromatic heterocycles. The third kappa shape index (κ3) is 2.40. The van der Waals surface area contributed by atoms with Gasteiger partial charge in [0.2, 0.25) is 0 Å². The van der Waals surface area contributed by atoms with Gasteiger partial charge in [-0.2, -0.15) is 0 Å². The first-order valence-electron chi connectivity index (χ1n) is 6.26. The lowest BCUT2D eigenvalue weighted by Gasteiger charge is -2.13. The van der Waals surface area contributed by atoms with Crippen LogP contribution in [0.25, 0.3) is 11.0 Å². The first-order valence-corrected chi connectivity index (χ1v) is 6.26. The summed E-state index contributed by atoms with van der Waals surface area (Å²) in [5.41, 5.74) is 2.08. The molecule has 4 heteroatoms. The summed E-state index contributed by atoms with van der Waals surface area (Å²) in [5, 5.41) is 3.42. The molecule has 0 radical (unpaired) electrons. The fraction of sp³-hybridized carbons (Fsp3) is 0.538. The van der Waals surface area contributed by atoms with Crippen molar-refractivity contribution in [2.75, 3.05) is 11.9 Å². The number of hydrogen-bond donors (Lipinski definition) is 1. The number of pyridine rings is 1. The second-order valence-corrected chi connectivity index (χ2v) is 4.45. The highest BCUT2D eigenvalue weighted by molar-refractivity contribution is 5.85. The Bertz CT molecular complexity index is 485. The normalized spacial score (nSPS) is 11.3. The standard InChI is InChI=1S/C13H20N4/c1-4-10(5-2)8-15-13-12-11(6-7-14-13)17(3)9-16-12/h6-7,9-10H,4-5,8H2,1-3H3,(H,14,15). The number of imidazole rings is 1. The van der Waals surface area contributed by atoms with Crippen LogP contribution in [0.2, 0.25) is 0 Å². The van der Waals surface area contributed by atoms with Gasteiger partial charge in [-0.25, -0.2) is 9.97 Å². The number of aryl methyl sites for hydroxylation is 1. The lowest BCUT2D eigenvalue weighted by atomic mass is 10.0. The van der Waals surface area contributed by atoms with Crippen LogP contribution in [0.5, 0.6) is 0 Å². The van der Waals surface area contributed by atoms with Crippen LogP contribution in [0.1, 0.15) is 26.7 Å². The Balaban J connectivity index is 2.18. The summed E-state index contributed by atoms with van der Waals surface area (Å²) in [5.74, 6) is 1.60. The van der Waals surface area contributed by atoms with Gasteiger partial charge in [0.25, 0.3) is 0 Å². The lowest BCUT2D eigenvalue weighted by Crippen LogP contribution is -2.13. The van der Waals surface area contributed by atoms with E-state index in [1.54, 1.807) is 0 Å². The predicted octanol–water partition coefficient (Wildman–Crippen LogP) is 2.82. The number of fused-ring (bicyclic) bond motifs is 1. The van der Waals surface area contributed by atoms with Crippen LogP contribution < -0.4 is 5.32 Å². The molecule has 0 saturated carbocycles. The number of nitrogens with one attached hydrogen (secondary N) is 1. The summed E-state index contributed by atoms with van der Waals surface area (Å²) in [7, 11) is 2.00. The molecule has 0 aliphatic carbocycles. The van der Waals surface area contributed by atoms with Crippen molar-refractivity contribution in [2.45, 2.75) is 26.7 Å². The summed E-state index contributed by atoms with van der Waals surface area (Å²) in [4.78, 5) is 8.76. The van der Waals surface area contributed by atoms with Crippen molar-refractivity contribution in [3.05, 3.63) is 18.6 Å². The summed E-state index contributed by atoms with van der Waals surface area (Å²) in [6, 6.07) is 1.99. The van der Waals surface area contributed by atoms with Gasteiger partial charge in [0.1, 0.15) is 5.52 Å². The van der Waals surface area contributed by atoms with Crippen molar-refractivity contribution in [2.24, 2.45) is 13.0 Å². The highest BCUT2D eigenvalue weighted by Crippen LogP contribution is 2.19. The van der Waals surface area contributed by atoms with E-state index in [1.165, 1.54) is 12.8 Å². The molecule has 0 aliphatic heterocycles.